The molecule has 150 valence electrons. The first-order chi connectivity index (χ1) is 13.4. The third-order valence-electron chi connectivity index (χ3n) is 4.56. The van der Waals surface area contributed by atoms with E-state index in [9.17, 15) is 5.11 Å². The Morgan fingerprint density at radius 1 is 1.29 bits per heavy atom. The van der Waals surface area contributed by atoms with Crippen molar-refractivity contribution in [3.05, 3.63) is 59.4 Å². The highest BCUT2D eigenvalue weighted by molar-refractivity contribution is 5.79. The maximum absolute atomic E-state index is 10.7. The van der Waals surface area contributed by atoms with Crippen molar-refractivity contribution in [3.8, 4) is 0 Å². The van der Waals surface area contributed by atoms with Gasteiger partial charge in [0.2, 0.25) is 0 Å². The van der Waals surface area contributed by atoms with Crippen LogP contribution in [0.2, 0.25) is 0 Å². The Kier molecular flexibility index (Phi) is 6.04. The Hall–Kier alpha value is -2.80. The van der Waals surface area contributed by atoms with Crippen LogP contribution in [0.1, 0.15) is 36.6 Å². The van der Waals surface area contributed by atoms with Gasteiger partial charge in [-0.05, 0) is 51.5 Å². The summed E-state index contributed by atoms with van der Waals surface area (Å²) >= 11 is 0. The van der Waals surface area contributed by atoms with Crippen LogP contribution in [0.5, 0.6) is 0 Å². The lowest BCUT2D eigenvalue weighted by atomic mass is 10.0. The maximum Gasteiger partial charge on any atom is 0.191 e. The average molecular weight is 383 g/mol. The minimum absolute atomic E-state index is 0.197. The van der Waals surface area contributed by atoms with Crippen LogP contribution in [0.4, 0.5) is 0 Å². The molecule has 0 fully saturated rings. The minimum Gasteiger partial charge on any atom is -0.463 e. The molecule has 0 aliphatic heterocycles. The van der Waals surface area contributed by atoms with Gasteiger partial charge in [0.15, 0.2) is 5.96 Å². The predicted octanol–water partition coefficient (Wildman–Crippen LogP) is 2.55. The molecule has 0 aliphatic rings. The summed E-state index contributed by atoms with van der Waals surface area (Å²) in [7, 11) is 0. The Bertz CT molecular complexity index is 955. The third kappa shape index (κ3) is 4.72. The summed E-state index contributed by atoms with van der Waals surface area (Å²) < 4.78 is 7.60. The Morgan fingerprint density at radius 3 is 2.79 bits per heavy atom. The van der Waals surface area contributed by atoms with Gasteiger partial charge in [-0.25, -0.2) is 9.98 Å². The number of imidazole rings is 1. The summed E-state index contributed by atoms with van der Waals surface area (Å²) in [6, 6.07) is 7.71. The molecule has 0 aromatic carbocycles. The van der Waals surface area contributed by atoms with Crippen molar-refractivity contribution in [2.75, 3.05) is 19.6 Å². The maximum atomic E-state index is 10.7. The molecule has 7 nitrogen and oxygen atoms in total. The zero-order valence-electron chi connectivity index (χ0n) is 17.0. The Balaban J connectivity index is 1.60. The second-order valence-electron chi connectivity index (χ2n) is 7.21. The molecule has 28 heavy (non-hydrogen) atoms. The zero-order chi connectivity index (χ0) is 20.1. The van der Waals surface area contributed by atoms with E-state index in [0.717, 1.165) is 35.6 Å². The molecule has 3 rings (SSSR count). The van der Waals surface area contributed by atoms with Gasteiger partial charge in [0, 0.05) is 31.9 Å². The SMILES string of the molecule is CCNC(=NCC(C)(O)c1ccc(C)o1)NCCc1cn2cccc(C)c2n1. The van der Waals surface area contributed by atoms with Crippen LogP contribution >= 0.6 is 0 Å². The number of nitrogens with zero attached hydrogens (tertiary/aromatic N) is 3. The fraction of sp³-hybridized carbons (Fsp3) is 0.429. The van der Waals surface area contributed by atoms with Crippen molar-refractivity contribution in [2.24, 2.45) is 4.99 Å². The smallest absolute Gasteiger partial charge is 0.191 e. The molecule has 0 saturated heterocycles. The molecule has 0 radical (unpaired) electrons. The number of nitrogens with one attached hydrogen (secondary N) is 2. The van der Waals surface area contributed by atoms with E-state index in [0.29, 0.717) is 18.3 Å². The lowest BCUT2D eigenvalue weighted by molar-refractivity contribution is 0.0428. The van der Waals surface area contributed by atoms with Crippen LogP contribution in [-0.2, 0) is 12.0 Å². The van der Waals surface area contributed by atoms with Gasteiger partial charge in [-0.3, -0.25) is 0 Å². The van der Waals surface area contributed by atoms with E-state index in [4.69, 9.17) is 9.40 Å². The van der Waals surface area contributed by atoms with Crippen molar-refractivity contribution in [1.82, 2.24) is 20.0 Å². The molecule has 1 atom stereocenters. The summed E-state index contributed by atoms with van der Waals surface area (Å²) in [6.07, 6.45) is 4.84. The molecule has 0 saturated carbocycles. The van der Waals surface area contributed by atoms with E-state index in [2.05, 4.69) is 34.8 Å². The number of pyridine rings is 1. The van der Waals surface area contributed by atoms with Gasteiger partial charge in [-0.15, -0.1) is 0 Å². The van der Waals surface area contributed by atoms with Crippen LogP contribution in [0.25, 0.3) is 5.65 Å². The number of furan rings is 1. The highest BCUT2D eigenvalue weighted by atomic mass is 16.4. The average Bonchev–Trinajstić information content (AvgIpc) is 3.27. The van der Waals surface area contributed by atoms with E-state index in [1.54, 1.807) is 13.0 Å². The lowest BCUT2D eigenvalue weighted by Gasteiger charge is -2.19. The number of aryl methyl sites for hydroxylation is 2. The molecule has 3 aromatic rings. The van der Waals surface area contributed by atoms with Crippen LogP contribution in [0.3, 0.4) is 0 Å². The van der Waals surface area contributed by atoms with Crippen molar-refractivity contribution in [3.63, 3.8) is 0 Å². The second-order valence-corrected chi connectivity index (χ2v) is 7.21. The number of aliphatic hydroxyl groups is 1. The quantitative estimate of drug-likeness (QED) is 0.431. The largest absolute Gasteiger partial charge is 0.463 e. The topological polar surface area (TPSA) is 87.1 Å². The Labute approximate surface area is 165 Å². The first-order valence-electron chi connectivity index (χ1n) is 9.63. The lowest BCUT2D eigenvalue weighted by Crippen LogP contribution is -2.39. The molecule has 7 heteroatoms. The van der Waals surface area contributed by atoms with Gasteiger partial charge >= 0.3 is 0 Å². The number of fused-ring (bicyclic) bond motifs is 1. The summed E-state index contributed by atoms with van der Waals surface area (Å²) in [6.45, 7) is 9.26. The van der Waals surface area contributed by atoms with Crippen LogP contribution in [0.15, 0.2) is 46.1 Å². The monoisotopic (exact) mass is 383 g/mol. The molecule has 0 bridgehead atoms. The summed E-state index contributed by atoms with van der Waals surface area (Å²) in [4.78, 5) is 9.21. The molecule has 0 spiro atoms. The zero-order valence-corrected chi connectivity index (χ0v) is 17.0. The molecule has 0 amide bonds. The fourth-order valence-corrected chi connectivity index (χ4v) is 3.01. The third-order valence-corrected chi connectivity index (χ3v) is 4.56. The molecular formula is C21H29N5O2. The second kappa shape index (κ2) is 8.48. The van der Waals surface area contributed by atoms with E-state index < -0.39 is 5.60 Å². The van der Waals surface area contributed by atoms with E-state index in [1.165, 1.54) is 0 Å². The molecule has 3 N–H and O–H groups in total. The number of aliphatic imine (C=N–C) groups is 1. The van der Waals surface area contributed by atoms with E-state index in [-0.39, 0.29) is 6.54 Å². The highest BCUT2D eigenvalue weighted by Gasteiger charge is 2.26. The normalized spacial score (nSPS) is 14.2. The predicted molar refractivity (Wildman–Crippen MR) is 111 cm³/mol. The number of hydrogen-bond acceptors (Lipinski definition) is 4. The minimum atomic E-state index is -1.16. The van der Waals surface area contributed by atoms with Crippen LogP contribution in [-0.4, -0.2) is 40.1 Å². The van der Waals surface area contributed by atoms with Gasteiger partial charge in [-0.1, -0.05) is 6.07 Å². The van der Waals surface area contributed by atoms with Crippen molar-refractivity contribution >= 4 is 11.6 Å². The van der Waals surface area contributed by atoms with Crippen molar-refractivity contribution < 1.29 is 9.52 Å². The van der Waals surface area contributed by atoms with Gasteiger partial charge in [-0.2, -0.15) is 0 Å². The Morgan fingerprint density at radius 2 is 2.11 bits per heavy atom. The van der Waals surface area contributed by atoms with Gasteiger partial charge in [0.25, 0.3) is 0 Å². The van der Waals surface area contributed by atoms with Crippen LogP contribution < -0.4 is 10.6 Å². The molecule has 1 unspecified atom stereocenters. The fourth-order valence-electron chi connectivity index (χ4n) is 3.01. The molecule has 0 aliphatic carbocycles. The van der Waals surface area contributed by atoms with Crippen molar-refractivity contribution in [2.45, 2.75) is 39.7 Å². The van der Waals surface area contributed by atoms with Gasteiger partial charge in [0.05, 0.1) is 12.2 Å². The summed E-state index contributed by atoms with van der Waals surface area (Å²) in [5.41, 5.74) is 2.01. The van der Waals surface area contributed by atoms with Crippen LogP contribution in [0, 0.1) is 13.8 Å². The standard InChI is InChI=1S/C21H29N5O2/c1-5-22-20(24-14-21(4,27)18-9-8-16(3)28-18)23-11-10-17-13-26-12-6-7-15(2)19(26)25-17/h6-9,12-13,27H,5,10-11,14H2,1-4H3,(H2,22,23,24). The summed E-state index contributed by atoms with van der Waals surface area (Å²) in [5, 5.41) is 17.2. The number of guanidine groups is 1. The number of rotatable bonds is 7. The van der Waals surface area contributed by atoms with E-state index in [1.807, 2.05) is 36.6 Å². The van der Waals surface area contributed by atoms with Crippen molar-refractivity contribution in [1.29, 1.82) is 0 Å². The molecule has 3 heterocycles. The number of aromatic nitrogens is 2. The summed E-state index contributed by atoms with van der Waals surface area (Å²) in [5.74, 6) is 1.95. The molecule has 3 aromatic heterocycles. The first-order valence-corrected chi connectivity index (χ1v) is 9.63. The van der Waals surface area contributed by atoms with Gasteiger partial charge < -0.3 is 24.6 Å². The molecular weight excluding hydrogens is 354 g/mol. The number of hydrogen-bond donors (Lipinski definition) is 3. The highest BCUT2D eigenvalue weighted by Crippen LogP contribution is 2.23. The first kappa shape index (κ1) is 19.9. The van der Waals surface area contributed by atoms with Gasteiger partial charge in [0.1, 0.15) is 22.8 Å². The van der Waals surface area contributed by atoms with E-state index >= 15 is 0 Å².